The summed E-state index contributed by atoms with van der Waals surface area (Å²) in [7, 11) is 1.59. The van der Waals surface area contributed by atoms with E-state index in [2.05, 4.69) is 26.3 Å². The van der Waals surface area contributed by atoms with Gasteiger partial charge in [-0.3, -0.25) is 4.79 Å². The fraction of sp³-hybridized carbons (Fsp3) is 0.375. The molecule has 0 saturated heterocycles. The van der Waals surface area contributed by atoms with Crippen LogP contribution in [-0.4, -0.2) is 49.9 Å². The maximum atomic E-state index is 10.8. The molecule has 1 heterocycles. The van der Waals surface area contributed by atoms with E-state index in [0.717, 1.165) is 11.4 Å². The highest BCUT2D eigenvalue weighted by atomic mass is 16.5. The van der Waals surface area contributed by atoms with Crippen LogP contribution in [0.4, 0.5) is 5.69 Å². The largest absolute Gasteiger partial charge is 0.508 e. The Morgan fingerprint density at radius 1 is 1.42 bits per heavy atom. The van der Waals surface area contributed by atoms with Crippen LogP contribution in [0.25, 0.3) is 0 Å². The third-order valence-electron chi connectivity index (χ3n) is 3.22. The molecule has 0 fully saturated rings. The normalized spacial score (nSPS) is 16.7. The van der Waals surface area contributed by atoms with E-state index < -0.39 is 6.23 Å². The third kappa shape index (κ3) is 5.90. The summed E-state index contributed by atoms with van der Waals surface area (Å²) < 4.78 is 5.29. The number of rotatable bonds is 7. The van der Waals surface area contributed by atoms with E-state index in [9.17, 15) is 9.90 Å². The lowest BCUT2D eigenvalue weighted by atomic mass is 10.3. The highest BCUT2D eigenvalue weighted by Crippen LogP contribution is 2.16. The molecular weight excluding hydrogens is 310 g/mol. The minimum absolute atomic E-state index is 0.0454. The van der Waals surface area contributed by atoms with E-state index in [0.29, 0.717) is 25.6 Å². The summed E-state index contributed by atoms with van der Waals surface area (Å²) in [4.78, 5) is 15.2. The van der Waals surface area contributed by atoms with Crippen LogP contribution in [0.15, 0.2) is 41.0 Å². The Hall–Kier alpha value is -2.58. The number of guanidine groups is 1. The highest BCUT2D eigenvalue weighted by molar-refractivity contribution is 5.95. The molecule has 0 aliphatic carbocycles. The van der Waals surface area contributed by atoms with Crippen molar-refractivity contribution in [3.8, 4) is 5.75 Å². The number of hydrogen-bond acceptors (Lipinski definition) is 7. The standard InChI is InChI=1S/C16H23N5O3/c1-11(22)18-7-6-17-10-13-9-15(24-2)21-16(20-13)19-12-4-3-5-14(23)8-12/h3-5,8-9,15,17,23H,6-7,10H2,1-2H3,(H,18,22)(H2,19,20,21). The number of phenols is 1. The van der Waals surface area contributed by atoms with E-state index in [1.165, 1.54) is 6.92 Å². The van der Waals surface area contributed by atoms with E-state index in [1.54, 1.807) is 25.3 Å². The molecule has 1 aliphatic rings. The quantitative estimate of drug-likeness (QED) is 0.461. The van der Waals surface area contributed by atoms with Crippen LogP contribution in [0.3, 0.4) is 0 Å². The van der Waals surface area contributed by atoms with Gasteiger partial charge in [-0.25, -0.2) is 4.99 Å². The lowest BCUT2D eigenvalue weighted by molar-refractivity contribution is -0.118. The predicted molar refractivity (Wildman–Crippen MR) is 92.7 cm³/mol. The van der Waals surface area contributed by atoms with Gasteiger partial charge in [0.15, 0.2) is 6.23 Å². The number of carbonyl (C=O) groups excluding carboxylic acids is 1. The number of carbonyl (C=O) groups is 1. The second kappa shape index (κ2) is 8.90. The summed E-state index contributed by atoms with van der Waals surface area (Å²) in [5.74, 6) is 0.666. The van der Waals surface area contributed by atoms with Crippen molar-refractivity contribution in [1.29, 1.82) is 0 Å². The van der Waals surface area contributed by atoms with Crippen molar-refractivity contribution in [1.82, 2.24) is 16.0 Å². The molecular formula is C16H23N5O3. The molecule has 8 nitrogen and oxygen atoms in total. The first-order chi connectivity index (χ1) is 11.6. The number of nitrogens with zero attached hydrogens (tertiary/aromatic N) is 1. The number of methoxy groups -OCH3 is 1. The molecule has 1 atom stereocenters. The number of benzene rings is 1. The Balaban J connectivity index is 1.87. The lowest BCUT2D eigenvalue weighted by Crippen LogP contribution is -2.40. The van der Waals surface area contributed by atoms with Crippen molar-refractivity contribution in [2.75, 3.05) is 32.1 Å². The van der Waals surface area contributed by atoms with Gasteiger partial charge in [0, 0.05) is 51.1 Å². The van der Waals surface area contributed by atoms with Gasteiger partial charge in [0.1, 0.15) is 5.75 Å². The molecule has 0 aromatic heterocycles. The molecule has 1 aromatic rings. The zero-order valence-corrected chi connectivity index (χ0v) is 13.8. The van der Waals surface area contributed by atoms with Crippen molar-refractivity contribution in [2.45, 2.75) is 13.2 Å². The fourth-order valence-electron chi connectivity index (χ4n) is 2.12. The number of nitrogens with one attached hydrogen (secondary N) is 4. The van der Waals surface area contributed by atoms with Crippen LogP contribution in [0, 0.1) is 0 Å². The van der Waals surface area contributed by atoms with Gasteiger partial charge < -0.3 is 31.1 Å². The zero-order chi connectivity index (χ0) is 17.4. The maximum absolute atomic E-state index is 10.8. The van der Waals surface area contributed by atoms with E-state index in [4.69, 9.17) is 4.74 Å². The highest BCUT2D eigenvalue weighted by Gasteiger charge is 2.14. The average Bonchev–Trinajstić information content (AvgIpc) is 2.54. The number of ether oxygens (including phenoxy) is 1. The van der Waals surface area contributed by atoms with Crippen LogP contribution in [0.1, 0.15) is 6.92 Å². The molecule has 1 aliphatic heterocycles. The SMILES string of the molecule is COC1C=C(CNCCNC(C)=O)NC(Nc2cccc(O)c2)=N1. The zero-order valence-electron chi connectivity index (χ0n) is 13.8. The number of anilines is 1. The molecule has 5 N–H and O–H groups in total. The monoisotopic (exact) mass is 333 g/mol. The van der Waals surface area contributed by atoms with E-state index in [1.807, 2.05) is 12.1 Å². The van der Waals surface area contributed by atoms with E-state index in [-0.39, 0.29) is 11.7 Å². The number of phenolic OH excluding ortho intramolecular Hbond substituents is 1. The van der Waals surface area contributed by atoms with Gasteiger partial charge in [-0.15, -0.1) is 0 Å². The number of hydrogen-bond donors (Lipinski definition) is 5. The van der Waals surface area contributed by atoms with Crippen LogP contribution in [0.5, 0.6) is 5.75 Å². The summed E-state index contributed by atoms with van der Waals surface area (Å²) >= 11 is 0. The molecule has 130 valence electrons. The summed E-state index contributed by atoms with van der Waals surface area (Å²) in [5.41, 5.74) is 1.62. The van der Waals surface area contributed by atoms with Crippen LogP contribution in [-0.2, 0) is 9.53 Å². The summed E-state index contributed by atoms with van der Waals surface area (Å²) in [5, 5.41) is 21.8. The van der Waals surface area contributed by atoms with Gasteiger partial charge in [-0.1, -0.05) is 6.07 Å². The fourth-order valence-corrected chi connectivity index (χ4v) is 2.12. The molecule has 1 aromatic carbocycles. The molecule has 0 saturated carbocycles. The molecule has 8 heteroatoms. The minimum Gasteiger partial charge on any atom is -0.508 e. The average molecular weight is 333 g/mol. The third-order valence-corrected chi connectivity index (χ3v) is 3.22. The van der Waals surface area contributed by atoms with Gasteiger partial charge in [0.05, 0.1) is 0 Å². The van der Waals surface area contributed by atoms with E-state index >= 15 is 0 Å². The van der Waals surface area contributed by atoms with Crippen molar-refractivity contribution in [2.24, 2.45) is 4.99 Å². The summed E-state index contributed by atoms with van der Waals surface area (Å²) in [6.45, 7) is 3.30. The lowest BCUT2D eigenvalue weighted by Gasteiger charge is -2.22. The van der Waals surface area contributed by atoms with Crippen LogP contribution < -0.4 is 21.3 Å². The van der Waals surface area contributed by atoms with Gasteiger partial charge in [0.25, 0.3) is 0 Å². The second-order valence-corrected chi connectivity index (χ2v) is 5.26. The topological polar surface area (TPSA) is 107 Å². The summed E-state index contributed by atoms with van der Waals surface area (Å²) in [6.07, 6.45) is 1.48. The van der Waals surface area contributed by atoms with Crippen molar-refractivity contribution in [3.05, 3.63) is 36.0 Å². The molecule has 2 rings (SSSR count). The predicted octanol–water partition coefficient (Wildman–Crippen LogP) is 0.345. The Morgan fingerprint density at radius 3 is 2.96 bits per heavy atom. The first kappa shape index (κ1) is 17.8. The Labute approximate surface area is 141 Å². The van der Waals surface area contributed by atoms with Gasteiger partial charge >= 0.3 is 0 Å². The molecule has 24 heavy (non-hydrogen) atoms. The second-order valence-electron chi connectivity index (χ2n) is 5.26. The molecule has 1 unspecified atom stereocenters. The Kier molecular flexibility index (Phi) is 6.59. The maximum Gasteiger partial charge on any atom is 0.216 e. The first-order valence-electron chi connectivity index (χ1n) is 7.66. The number of aliphatic imine (C=N–C) groups is 1. The smallest absolute Gasteiger partial charge is 0.216 e. The van der Waals surface area contributed by atoms with Crippen molar-refractivity contribution in [3.63, 3.8) is 0 Å². The van der Waals surface area contributed by atoms with Gasteiger partial charge in [0.2, 0.25) is 11.9 Å². The molecule has 0 spiro atoms. The van der Waals surface area contributed by atoms with Gasteiger partial charge in [-0.05, 0) is 18.2 Å². The molecule has 0 bridgehead atoms. The summed E-state index contributed by atoms with van der Waals surface area (Å²) in [6, 6.07) is 6.78. The van der Waals surface area contributed by atoms with Crippen LogP contribution >= 0.6 is 0 Å². The minimum atomic E-state index is -0.391. The number of amides is 1. The first-order valence-corrected chi connectivity index (χ1v) is 7.66. The number of aromatic hydroxyl groups is 1. The molecule has 0 radical (unpaired) electrons. The Morgan fingerprint density at radius 2 is 2.25 bits per heavy atom. The Bertz CT molecular complexity index is 630. The van der Waals surface area contributed by atoms with Crippen molar-refractivity contribution >= 4 is 17.6 Å². The van der Waals surface area contributed by atoms with Crippen molar-refractivity contribution < 1.29 is 14.6 Å². The molecule has 1 amide bonds. The van der Waals surface area contributed by atoms with Gasteiger partial charge in [-0.2, -0.15) is 0 Å². The van der Waals surface area contributed by atoms with Crippen LogP contribution in [0.2, 0.25) is 0 Å².